The monoisotopic (exact) mass is 212 g/mol. The Bertz CT molecular complexity index is 363. The number of nitriles is 1. The largest absolute Gasteiger partial charge is 0.434 e. The van der Waals surface area contributed by atoms with E-state index in [-0.39, 0.29) is 12.2 Å². The molecular formula is C10H10F2N2O. The second-order valence-electron chi connectivity index (χ2n) is 2.89. The van der Waals surface area contributed by atoms with Gasteiger partial charge in [0.05, 0.1) is 12.5 Å². The Labute approximate surface area is 86.1 Å². The zero-order valence-corrected chi connectivity index (χ0v) is 7.86. The van der Waals surface area contributed by atoms with Crippen LogP contribution in [-0.4, -0.2) is 6.61 Å². The maximum absolute atomic E-state index is 12.0. The number of benzene rings is 1. The zero-order chi connectivity index (χ0) is 11.3. The van der Waals surface area contributed by atoms with Crippen molar-refractivity contribution in [2.75, 3.05) is 0 Å². The number of nitrogens with two attached hydrogens (primary N) is 1. The van der Waals surface area contributed by atoms with Gasteiger partial charge in [0.2, 0.25) is 0 Å². The smallest absolute Gasteiger partial charge is 0.387 e. The van der Waals surface area contributed by atoms with Crippen molar-refractivity contribution < 1.29 is 13.5 Å². The maximum Gasteiger partial charge on any atom is 0.387 e. The summed E-state index contributed by atoms with van der Waals surface area (Å²) >= 11 is 0. The summed E-state index contributed by atoms with van der Waals surface area (Å²) in [6, 6.07) is 7.47. The third-order valence-electron chi connectivity index (χ3n) is 1.85. The van der Waals surface area contributed by atoms with E-state index in [1.807, 2.05) is 6.07 Å². The Morgan fingerprint density at radius 1 is 1.40 bits per heavy atom. The number of halogens is 2. The van der Waals surface area contributed by atoms with Crippen molar-refractivity contribution in [2.45, 2.75) is 19.1 Å². The predicted molar refractivity (Wildman–Crippen MR) is 50.2 cm³/mol. The quantitative estimate of drug-likeness (QED) is 0.832. The minimum absolute atomic E-state index is 0.0234. The van der Waals surface area contributed by atoms with Crippen LogP contribution in [-0.2, 0) is 0 Å². The lowest BCUT2D eigenvalue weighted by molar-refractivity contribution is -0.0506. The van der Waals surface area contributed by atoms with Gasteiger partial charge in [-0.05, 0) is 6.07 Å². The van der Waals surface area contributed by atoms with Crippen LogP contribution in [0.3, 0.4) is 0 Å². The van der Waals surface area contributed by atoms with Gasteiger partial charge in [0, 0.05) is 11.6 Å². The fraction of sp³-hybridized carbons (Fsp3) is 0.300. The van der Waals surface area contributed by atoms with Gasteiger partial charge in [-0.15, -0.1) is 0 Å². The Kier molecular flexibility index (Phi) is 4.01. The first kappa shape index (κ1) is 11.4. The van der Waals surface area contributed by atoms with Crippen molar-refractivity contribution in [3.05, 3.63) is 29.8 Å². The molecule has 5 heteroatoms. The minimum Gasteiger partial charge on any atom is -0.434 e. The molecule has 0 saturated heterocycles. The van der Waals surface area contributed by atoms with E-state index >= 15 is 0 Å². The fourth-order valence-electron chi connectivity index (χ4n) is 1.20. The Balaban J connectivity index is 2.91. The number of rotatable bonds is 4. The average Bonchev–Trinajstić information content (AvgIpc) is 2.18. The SMILES string of the molecule is N#CC[C@H](N)c1ccccc1OC(F)F. The lowest BCUT2D eigenvalue weighted by atomic mass is 10.0. The van der Waals surface area contributed by atoms with E-state index < -0.39 is 12.7 Å². The average molecular weight is 212 g/mol. The number of alkyl halides is 2. The molecule has 0 spiro atoms. The van der Waals surface area contributed by atoms with Gasteiger partial charge in [0.25, 0.3) is 0 Å². The molecular weight excluding hydrogens is 202 g/mol. The molecule has 80 valence electrons. The third kappa shape index (κ3) is 3.18. The molecule has 0 saturated carbocycles. The summed E-state index contributed by atoms with van der Waals surface area (Å²) in [6.45, 7) is -2.89. The Morgan fingerprint density at radius 2 is 2.07 bits per heavy atom. The van der Waals surface area contributed by atoms with Crippen LogP contribution in [0.15, 0.2) is 24.3 Å². The van der Waals surface area contributed by atoms with Gasteiger partial charge in [-0.1, -0.05) is 18.2 Å². The van der Waals surface area contributed by atoms with E-state index in [2.05, 4.69) is 4.74 Å². The molecule has 1 aromatic rings. The molecule has 1 atom stereocenters. The van der Waals surface area contributed by atoms with E-state index in [0.717, 1.165) is 0 Å². The number of ether oxygens (including phenoxy) is 1. The number of para-hydroxylation sites is 1. The van der Waals surface area contributed by atoms with Crippen molar-refractivity contribution in [2.24, 2.45) is 5.73 Å². The molecule has 0 fully saturated rings. The first-order valence-electron chi connectivity index (χ1n) is 4.31. The van der Waals surface area contributed by atoms with Crippen LogP contribution < -0.4 is 10.5 Å². The van der Waals surface area contributed by atoms with E-state index in [1.165, 1.54) is 6.07 Å². The highest BCUT2D eigenvalue weighted by Crippen LogP contribution is 2.26. The topological polar surface area (TPSA) is 59.0 Å². The normalized spacial score (nSPS) is 12.2. The van der Waals surface area contributed by atoms with Crippen LogP contribution in [0.4, 0.5) is 8.78 Å². The van der Waals surface area contributed by atoms with E-state index in [9.17, 15) is 8.78 Å². The fourth-order valence-corrected chi connectivity index (χ4v) is 1.20. The van der Waals surface area contributed by atoms with E-state index in [4.69, 9.17) is 11.0 Å². The maximum atomic E-state index is 12.0. The van der Waals surface area contributed by atoms with Gasteiger partial charge in [-0.3, -0.25) is 0 Å². The van der Waals surface area contributed by atoms with Crippen molar-refractivity contribution >= 4 is 0 Å². The van der Waals surface area contributed by atoms with Gasteiger partial charge in [0.1, 0.15) is 5.75 Å². The predicted octanol–water partition coefficient (Wildman–Crippen LogP) is 2.20. The lowest BCUT2D eigenvalue weighted by Crippen LogP contribution is -2.12. The molecule has 0 aromatic heterocycles. The first-order valence-corrected chi connectivity index (χ1v) is 4.31. The highest BCUT2D eigenvalue weighted by atomic mass is 19.3. The molecule has 0 radical (unpaired) electrons. The second kappa shape index (κ2) is 5.27. The van der Waals surface area contributed by atoms with Crippen molar-refractivity contribution in [3.63, 3.8) is 0 Å². The molecule has 1 aromatic carbocycles. The molecule has 0 heterocycles. The van der Waals surface area contributed by atoms with Crippen LogP contribution in [0.5, 0.6) is 5.75 Å². The van der Waals surface area contributed by atoms with Crippen LogP contribution in [0.2, 0.25) is 0 Å². The number of nitrogens with zero attached hydrogens (tertiary/aromatic N) is 1. The molecule has 15 heavy (non-hydrogen) atoms. The number of hydrogen-bond donors (Lipinski definition) is 1. The van der Waals surface area contributed by atoms with Gasteiger partial charge < -0.3 is 10.5 Å². The highest BCUT2D eigenvalue weighted by molar-refractivity contribution is 5.36. The summed E-state index contributed by atoms with van der Waals surface area (Å²) in [4.78, 5) is 0. The first-order chi connectivity index (χ1) is 7.15. The molecule has 3 nitrogen and oxygen atoms in total. The van der Waals surface area contributed by atoms with Crippen LogP contribution in [0, 0.1) is 11.3 Å². The minimum atomic E-state index is -2.89. The van der Waals surface area contributed by atoms with Gasteiger partial charge >= 0.3 is 6.61 Å². The molecule has 0 aliphatic carbocycles. The van der Waals surface area contributed by atoms with Gasteiger partial charge in [0.15, 0.2) is 0 Å². The van der Waals surface area contributed by atoms with Gasteiger partial charge in [-0.25, -0.2) is 0 Å². The summed E-state index contributed by atoms with van der Waals surface area (Å²) in [5.74, 6) is 0.0234. The van der Waals surface area contributed by atoms with Crippen molar-refractivity contribution in [3.8, 4) is 11.8 Å². The molecule has 0 aliphatic rings. The van der Waals surface area contributed by atoms with E-state index in [1.54, 1.807) is 18.2 Å². The Hall–Kier alpha value is -1.67. The Morgan fingerprint density at radius 3 is 2.67 bits per heavy atom. The van der Waals surface area contributed by atoms with Gasteiger partial charge in [-0.2, -0.15) is 14.0 Å². The molecule has 2 N–H and O–H groups in total. The molecule has 0 bridgehead atoms. The summed E-state index contributed by atoms with van der Waals surface area (Å²) in [7, 11) is 0. The lowest BCUT2D eigenvalue weighted by Gasteiger charge is -2.13. The van der Waals surface area contributed by atoms with Crippen LogP contribution in [0.1, 0.15) is 18.0 Å². The van der Waals surface area contributed by atoms with E-state index in [0.29, 0.717) is 5.56 Å². The second-order valence-corrected chi connectivity index (χ2v) is 2.89. The molecule has 0 unspecified atom stereocenters. The summed E-state index contributed by atoms with van der Waals surface area (Å²) in [5, 5.41) is 8.45. The zero-order valence-electron chi connectivity index (χ0n) is 7.86. The molecule has 0 amide bonds. The molecule has 0 aliphatic heterocycles. The summed E-state index contributed by atoms with van der Waals surface area (Å²) in [5.41, 5.74) is 6.05. The standard InChI is InChI=1S/C10H10F2N2O/c11-10(12)15-9-4-2-1-3-7(9)8(14)5-6-13/h1-4,8,10H,5,14H2/t8-/m0/s1. The number of hydrogen-bond acceptors (Lipinski definition) is 3. The van der Waals surface area contributed by atoms with Crippen LogP contribution in [0.25, 0.3) is 0 Å². The third-order valence-corrected chi connectivity index (χ3v) is 1.85. The van der Waals surface area contributed by atoms with Crippen molar-refractivity contribution in [1.82, 2.24) is 0 Å². The van der Waals surface area contributed by atoms with Crippen molar-refractivity contribution in [1.29, 1.82) is 5.26 Å². The summed E-state index contributed by atoms with van der Waals surface area (Å²) < 4.78 is 28.3. The summed E-state index contributed by atoms with van der Waals surface area (Å²) in [6.07, 6.45) is 0.0591. The molecule has 1 rings (SSSR count). The highest BCUT2D eigenvalue weighted by Gasteiger charge is 2.14. The van der Waals surface area contributed by atoms with Crippen LogP contribution >= 0.6 is 0 Å².